The van der Waals surface area contributed by atoms with Crippen molar-refractivity contribution in [2.24, 2.45) is 0 Å². The summed E-state index contributed by atoms with van der Waals surface area (Å²) < 4.78 is 0. The van der Waals surface area contributed by atoms with E-state index in [0.29, 0.717) is 5.15 Å². The molecule has 1 aromatic rings. The number of carbonyl (C=O) groups is 1. The predicted molar refractivity (Wildman–Crippen MR) is 57.5 cm³/mol. The van der Waals surface area contributed by atoms with E-state index in [1.165, 1.54) is 0 Å². The Morgan fingerprint density at radius 3 is 3.00 bits per heavy atom. The van der Waals surface area contributed by atoms with Crippen molar-refractivity contribution >= 4 is 17.9 Å². The number of halogens is 1. The van der Waals surface area contributed by atoms with Gasteiger partial charge in [0.1, 0.15) is 11.4 Å². The second-order valence-electron chi connectivity index (χ2n) is 2.99. The van der Waals surface area contributed by atoms with Crippen LogP contribution in [0, 0.1) is 0 Å². The van der Waals surface area contributed by atoms with Gasteiger partial charge < -0.3 is 4.79 Å². The molecule has 0 aliphatic rings. The van der Waals surface area contributed by atoms with Crippen molar-refractivity contribution in [3.05, 3.63) is 41.7 Å². The van der Waals surface area contributed by atoms with E-state index < -0.39 is 0 Å². The third-order valence-electron chi connectivity index (χ3n) is 2.03. The zero-order valence-corrected chi connectivity index (χ0v) is 8.57. The fraction of sp³-hybridized carbons (Fsp3) is 0.273. The van der Waals surface area contributed by atoms with E-state index >= 15 is 0 Å². The highest BCUT2D eigenvalue weighted by Crippen LogP contribution is 2.24. The van der Waals surface area contributed by atoms with E-state index in [1.807, 2.05) is 6.07 Å². The summed E-state index contributed by atoms with van der Waals surface area (Å²) in [5.41, 5.74) is 0.797. The fourth-order valence-corrected chi connectivity index (χ4v) is 1.53. The van der Waals surface area contributed by atoms with Crippen LogP contribution in [0.1, 0.15) is 24.3 Å². The number of hydrogen-bond acceptors (Lipinski definition) is 2. The Labute approximate surface area is 88.6 Å². The van der Waals surface area contributed by atoms with Gasteiger partial charge in [-0.2, -0.15) is 0 Å². The second kappa shape index (κ2) is 5.55. The molecule has 0 radical (unpaired) electrons. The molecule has 0 fully saturated rings. The van der Waals surface area contributed by atoms with E-state index in [9.17, 15) is 4.79 Å². The van der Waals surface area contributed by atoms with Gasteiger partial charge in [-0.3, -0.25) is 0 Å². The molecule has 1 unspecified atom stereocenters. The minimum Gasteiger partial charge on any atom is -0.303 e. The van der Waals surface area contributed by atoms with Crippen molar-refractivity contribution in [2.45, 2.75) is 18.8 Å². The Hall–Kier alpha value is -1.15. The van der Waals surface area contributed by atoms with E-state index in [0.717, 1.165) is 24.7 Å². The molecule has 0 aliphatic heterocycles. The molecule has 0 aliphatic carbocycles. The Morgan fingerprint density at radius 1 is 1.64 bits per heavy atom. The van der Waals surface area contributed by atoms with Crippen LogP contribution in [0.5, 0.6) is 0 Å². The topological polar surface area (TPSA) is 30.0 Å². The van der Waals surface area contributed by atoms with Crippen LogP contribution < -0.4 is 0 Å². The van der Waals surface area contributed by atoms with Gasteiger partial charge in [0.15, 0.2) is 0 Å². The van der Waals surface area contributed by atoms with Gasteiger partial charge in [-0.1, -0.05) is 23.7 Å². The first-order valence-corrected chi connectivity index (χ1v) is 4.84. The summed E-state index contributed by atoms with van der Waals surface area (Å²) in [7, 11) is 0. The van der Waals surface area contributed by atoms with Crippen LogP contribution in [0.3, 0.4) is 0 Å². The first-order valence-electron chi connectivity index (χ1n) is 4.46. The minimum atomic E-state index is -0.172. The molecule has 0 aromatic carbocycles. The third-order valence-corrected chi connectivity index (χ3v) is 2.35. The molecular formula is C11H12ClNO. The SMILES string of the molecule is C=CCCC(C=O)c1cccnc1Cl. The average Bonchev–Trinajstić information content (AvgIpc) is 2.21. The Kier molecular flexibility index (Phi) is 4.33. The molecule has 1 aromatic heterocycles. The van der Waals surface area contributed by atoms with E-state index in [-0.39, 0.29) is 5.92 Å². The number of allylic oxidation sites excluding steroid dienone is 1. The molecule has 0 saturated carbocycles. The molecular weight excluding hydrogens is 198 g/mol. The average molecular weight is 210 g/mol. The zero-order chi connectivity index (χ0) is 10.4. The molecule has 0 N–H and O–H groups in total. The van der Waals surface area contributed by atoms with Crippen LogP contribution >= 0.6 is 11.6 Å². The standard InChI is InChI=1S/C11H12ClNO/c1-2-3-5-9(8-14)10-6-4-7-13-11(10)12/h2,4,6-9H,1,3,5H2. The van der Waals surface area contributed by atoms with Crippen LogP contribution in [0.2, 0.25) is 5.15 Å². The van der Waals surface area contributed by atoms with Crippen LogP contribution in [-0.2, 0) is 4.79 Å². The largest absolute Gasteiger partial charge is 0.303 e. The van der Waals surface area contributed by atoms with Gasteiger partial charge in [-0.05, 0) is 24.5 Å². The summed E-state index contributed by atoms with van der Waals surface area (Å²) in [6, 6.07) is 3.61. The summed E-state index contributed by atoms with van der Waals surface area (Å²) in [4.78, 5) is 14.8. The van der Waals surface area contributed by atoms with Crippen LogP contribution in [0.4, 0.5) is 0 Å². The van der Waals surface area contributed by atoms with Gasteiger partial charge in [-0.15, -0.1) is 6.58 Å². The van der Waals surface area contributed by atoms with Crippen molar-refractivity contribution in [2.75, 3.05) is 0 Å². The maximum absolute atomic E-state index is 10.8. The summed E-state index contributed by atoms with van der Waals surface area (Å²) in [5.74, 6) is -0.172. The Balaban J connectivity index is 2.83. The number of nitrogens with zero attached hydrogens (tertiary/aromatic N) is 1. The summed E-state index contributed by atoms with van der Waals surface area (Å²) in [6.07, 6.45) is 5.85. The van der Waals surface area contributed by atoms with Gasteiger partial charge in [0, 0.05) is 12.1 Å². The van der Waals surface area contributed by atoms with E-state index in [1.54, 1.807) is 18.3 Å². The van der Waals surface area contributed by atoms with Crippen LogP contribution in [-0.4, -0.2) is 11.3 Å². The second-order valence-corrected chi connectivity index (χ2v) is 3.35. The monoisotopic (exact) mass is 209 g/mol. The number of rotatable bonds is 5. The summed E-state index contributed by atoms with van der Waals surface area (Å²) in [6.45, 7) is 3.62. The quantitative estimate of drug-likeness (QED) is 0.424. The molecule has 14 heavy (non-hydrogen) atoms. The minimum absolute atomic E-state index is 0.172. The molecule has 0 amide bonds. The van der Waals surface area contributed by atoms with Gasteiger partial charge in [0.05, 0.1) is 0 Å². The van der Waals surface area contributed by atoms with Crippen LogP contribution in [0.25, 0.3) is 0 Å². The molecule has 74 valence electrons. The molecule has 3 heteroatoms. The van der Waals surface area contributed by atoms with Gasteiger partial charge in [0.25, 0.3) is 0 Å². The van der Waals surface area contributed by atoms with Gasteiger partial charge in [-0.25, -0.2) is 4.98 Å². The van der Waals surface area contributed by atoms with Crippen molar-refractivity contribution in [1.82, 2.24) is 4.98 Å². The lowest BCUT2D eigenvalue weighted by Crippen LogP contribution is -2.01. The van der Waals surface area contributed by atoms with Crippen LogP contribution in [0.15, 0.2) is 31.0 Å². The highest BCUT2D eigenvalue weighted by molar-refractivity contribution is 6.30. The molecule has 0 saturated heterocycles. The first kappa shape index (κ1) is 10.9. The number of pyridine rings is 1. The maximum atomic E-state index is 10.8. The van der Waals surface area contributed by atoms with E-state index in [2.05, 4.69) is 11.6 Å². The predicted octanol–water partition coefficient (Wildman–Crippen LogP) is 2.98. The van der Waals surface area contributed by atoms with Crippen molar-refractivity contribution < 1.29 is 4.79 Å². The Morgan fingerprint density at radius 2 is 2.43 bits per heavy atom. The van der Waals surface area contributed by atoms with Crippen molar-refractivity contribution in [3.63, 3.8) is 0 Å². The fourth-order valence-electron chi connectivity index (χ4n) is 1.27. The lowest BCUT2D eigenvalue weighted by atomic mass is 9.97. The number of aldehydes is 1. The smallest absolute Gasteiger partial charge is 0.132 e. The first-order chi connectivity index (χ1) is 6.79. The molecule has 0 spiro atoms. The molecule has 1 atom stereocenters. The number of hydrogen-bond donors (Lipinski definition) is 0. The van der Waals surface area contributed by atoms with Crippen molar-refractivity contribution in [3.8, 4) is 0 Å². The normalized spacial score (nSPS) is 12.1. The van der Waals surface area contributed by atoms with E-state index in [4.69, 9.17) is 11.6 Å². The summed E-state index contributed by atoms with van der Waals surface area (Å²) in [5, 5.41) is 0.411. The molecule has 1 rings (SSSR count). The maximum Gasteiger partial charge on any atom is 0.132 e. The Bertz CT molecular complexity index is 325. The number of carbonyl (C=O) groups excluding carboxylic acids is 1. The molecule has 0 bridgehead atoms. The zero-order valence-electron chi connectivity index (χ0n) is 7.82. The molecule has 1 heterocycles. The number of aromatic nitrogens is 1. The lowest BCUT2D eigenvalue weighted by molar-refractivity contribution is -0.109. The van der Waals surface area contributed by atoms with Crippen molar-refractivity contribution in [1.29, 1.82) is 0 Å². The third kappa shape index (κ3) is 2.67. The van der Waals surface area contributed by atoms with Gasteiger partial charge >= 0.3 is 0 Å². The summed E-state index contributed by atoms with van der Waals surface area (Å²) >= 11 is 5.88. The highest BCUT2D eigenvalue weighted by Gasteiger charge is 2.12. The van der Waals surface area contributed by atoms with Gasteiger partial charge in [0.2, 0.25) is 0 Å². The lowest BCUT2D eigenvalue weighted by Gasteiger charge is -2.09. The molecule has 2 nitrogen and oxygen atoms in total. The highest BCUT2D eigenvalue weighted by atomic mass is 35.5.